The molecule has 1 aliphatic heterocycles. The number of carbonyl (C=O) groups is 2. The number of carbonyl (C=O) groups excluding carboxylic acids is 2. The molecule has 1 amide bonds. The van der Waals surface area contributed by atoms with Crippen molar-refractivity contribution in [1.29, 1.82) is 0 Å². The fraction of sp³-hybridized carbons (Fsp3) is 0.333. The summed E-state index contributed by atoms with van der Waals surface area (Å²) in [4.78, 5) is 23.9. The fourth-order valence-electron chi connectivity index (χ4n) is 2.90. The second-order valence-electron chi connectivity index (χ2n) is 7.94. The Hall–Kier alpha value is -2.71. The third-order valence-corrected chi connectivity index (χ3v) is 6.16. The van der Waals surface area contributed by atoms with Crippen molar-refractivity contribution in [3.05, 3.63) is 59.7 Å². The number of hydrogen-bond donors (Lipinski definition) is 2. The van der Waals surface area contributed by atoms with Crippen molar-refractivity contribution in [1.82, 2.24) is 4.72 Å². The van der Waals surface area contributed by atoms with Crippen molar-refractivity contribution in [2.45, 2.75) is 43.5 Å². The minimum atomic E-state index is -3.86. The van der Waals surface area contributed by atoms with E-state index in [2.05, 4.69) is 30.8 Å². The molecule has 154 valence electrons. The summed E-state index contributed by atoms with van der Waals surface area (Å²) in [5.74, 6) is -0.858. The molecule has 0 bridgehead atoms. The zero-order valence-electron chi connectivity index (χ0n) is 16.6. The molecule has 0 aliphatic carbocycles. The molecule has 1 saturated heterocycles. The van der Waals surface area contributed by atoms with Gasteiger partial charge in [0.1, 0.15) is 6.04 Å². The zero-order valence-corrected chi connectivity index (χ0v) is 17.4. The third kappa shape index (κ3) is 5.02. The van der Waals surface area contributed by atoms with Crippen LogP contribution in [-0.2, 0) is 25.0 Å². The van der Waals surface area contributed by atoms with E-state index >= 15 is 0 Å². The smallest absolute Gasteiger partial charge is 0.324 e. The minimum absolute atomic E-state index is 0.000397. The molecule has 2 N–H and O–H groups in total. The van der Waals surface area contributed by atoms with Crippen molar-refractivity contribution in [3.8, 4) is 0 Å². The molecule has 8 heteroatoms. The Kier molecular flexibility index (Phi) is 5.77. The number of sulfonamides is 1. The van der Waals surface area contributed by atoms with Gasteiger partial charge in [-0.25, -0.2) is 8.42 Å². The molecule has 0 aromatic heterocycles. The van der Waals surface area contributed by atoms with Crippen molar-refractivity contribution in [2.24, 2.45) is 0 Å². The van der Waals surface area contributed by atoms with Gasteiger partial charge in [-0.3, -0.25) is 9.59 Å². The molecule has 29 heavy (non-hydrogen) atoms. The summed E-state index contributed by atoms with van der Waals surface area (Å²) in [5, 5.41) is 2.75. The molecule has 1 atom stereocenters. The van der Waals surface area contributed by atoms with Gasteiger partial charge in [-0.2, -0.15) is 4.72 Å². The van der Waals surface area contributed by atoms with Gasteiger partial charge in [0.05, 0.1) is 11.5 Å². The molecule has 0 saturated carbocycles. The van der Waals surface area contributed by atoms with Gasteiger partial charge >= 0.3 is 5.97 Å². The normalized spacial score (nSPS) is 17.1. The van der Waals surface area contributed by atoms with Crippen molar-refractivity contribution in [2.75, 3.05) is 11.9 Å². The predicted octanol–water partition coefficient (Wildman–Crippen LogP) is 2.83. The van der Waals surface area contributed by atoms with Crippen LogP contribution in [0.4, 0.5) is 5.69 Å². The van der Waals surface area contributed by atoms with Gasteiger partial charge in [-0.1, -0.05) is 32.9 Å². The van der Waals surface area contributed by atoms with E-state index in [0.717, 1.165) is 5.56 Å². The maximum Gasteiger partial charge on any atom is 0.324 e. The highest BCUT2D eigenvalue weighted by atomic mass is 32.2. The summed E-state index contributed by atoms with van der Waals surface area (Å²) >= 11 is 0. The first-order chi connectivity index (χ1) is 13.6. The van der Waals surface area contributed by atoms with E-state index in [0.29, 0.717) is 17.7 Å². The number of rotatable bonds is 5. The first kappa shape index (κ1) is 21.0. The lowest BCUT2D eigenvalue weighted by Gasteiger charge is -2.19. The maximum absolute atomic E-state index is 12.4. The number of anilines is 1. The van der Waals surface area contributed by atoms with E-state index in [9.17, 15) is 18.0 Å². The van der Waals surface area contributed by atoms with Crippen LogP contribution in [0.25, 0.3) is 0 Å². The fourth-order valence-corrected chi connectivity index (χ4v) is 4.12. The minimum Gasteiger partial charge on any atom is -0.464 e. The number of cyclic esters (lactones) is 1. The zero-order chi connectivity index (χ0) is 21.2. The lowest BCUT2D eigenvalue weighted by molar-refractivity contribution is -0.139. The van der Waals surface area contributed by atoms with Crippen molar-refractivity contribution in [3.63, 3.8) is 0 Å². The molecule has 2 aromatic rings. The van der Waals surface area contributed by atoms with Gasteiger partial charge in [0.2, 0.25) is 10.0 Å². The first-order valence-electron chi connectivity index (χ1n) is 9.27. The van der Waals surface area contributed by atoms with Crippen molar-refractivity contribution >= 4 is 27.6 Å². The Bertz CT molecular complexity index is 1010. The van der Waals surface area contributed by atoms with E-state index in [1.165, 1.54) is 24.3 Å². The summed E-state index contributed by atoms with van der Waals surface area (Å²) in [6, 6.07) is 12.3. The molecule has 1 heterocycles. The average Bonchev–Trinajstić information content (AvgIpc) is 3.05. The highest BCUT2D eigenvalue weighted by molar-refractivity contribution is 7.89. The van der Waals surface area contributed by atoms with E-state index in [1.54, 1.807) is 12.1 Å². The van der Waals surface area contributed by atoms with Crippen molar-refractivity contribution < 1.29 is 22.7 Å². The second-order valence-corrected chi connectivity index (χ2v) is 9.65. The second kappa shape index (κ2) is 7.96. The molecule has 3 rings (SSSR count). The number of ether oxygens (including phenoxy) is 1. The number of amides is 1. The van der Waals surface area contributed by atoms with Crippen LogP contribution in [0.2, 0.25) is 0 Å². The Balaban J connectivity index is 1.67. The number of esters is 1. The number of benzene rings is 2. The van der Waals surface area contributed by atoms with E-state index in [-0.39, 0.29) is 22.8 Å². The first-order valence-corrected chi connectivity index (χ1v) is 10.8. The largest absolute Gasteiger partial charge is 0.464 e. The Morgan fingerprint density at radius 3 is 2.17 bits per heavy atom. The van der Waals surface area contributed by atoms with Crippen LogP contribution in [0.3, 0.4) is 0 Å². The number of hydrogen-bond acceptors (Lipinski definition) is 5. The maximum atomic E-state index is 12.4. The van der Waals surface area contributed by atoms with Crippen LogP contribution in [0, 0.1) is 0 Å². The Morgan fingerprint density at radius 2 is 1.66 bits per heavy atom. The third-order valence-electron chi connectivity index (χ3n) is 4.67. The predicted molar refractivity (Wildman–Crippen MR) is 109 cm³/mol. The van der Waals surface area contributed by atoms with E-state index < -0.39 is 22.0 Å². The van der Waals surface area contributed by atoms with Gasteiger partial charge in [-0.05, 0) is 47.4 Å². The standard InChI is InChI=1S/C21H24N2O5S/c1-21(2,3)15-6-4-14(5-7-15)19(24)22-16-8-10-17(11-9-16)29(26,27)23-18-12-13-28-20(18)25/h4-11,18,23H,12-13H2,1-3H3,(H,22,24). The van der Waals surface area contributed by atoms with Gasteiger partial charge < -0.3 is 10.1 Å². The summed E-state index contributed by atoms with van der Waals surface area (Å²) < 4.78 is 31.9. The molecular formula is C21H24N2O5S. The Labute approximate surface area is 170 Å². The molecule has 1 unspecified atom stereocenters. The van der Waals surface area contributed by atoms with Gasteiger partial charge in [0.15, 0.2) is 0 Å². The Morgan fingerprint density at radius 1 is 1.03 bits per heavy atom. The molecular weight excluding hydrogens is 392 g/mol. The van der Waals surface area contributed by atoms with Gasteiger partial charge in [0, 0.05) is 17.7 Å². The van der Waals surface area contributed by atoms with Gasteiger partial charge in [-0.15, -0.1) is 0 Å². The van der Waals surface area contributed by atoms with Gasteiger partial charge in [0.25, 0.3) is 5.91 Å². The van der Waals surface area contributed by atoms with E-state index in [4.69, 9.17) is 4.74 Å². The summed E-state index contributed by atoms with van der Waals surface area (Å²) in [5.41, 5.74) is 2.10. The summed E-state index contributed by atoms with van der Waals surface area (Å²) in [6.07, 6.45) is 0.306. The summed E-state index contributed by atoms with van der Waals surface area (Å²) in [7, 11) is -3.86. The summed E-state index contributed by atoms with van der Waals surface area (Å²) in [6.45, 7) is 6.50. The van der Waals surface area contributed by atoms with E-state index in [1.807, 2.05) is 12.1 Å². The molecule has 0 spiro atoms. The molecule has 1 fully saturated rings. The quantitative estimate of drug-likeness (QED) is 0.730. The molecule has 1 aliphatic rings. The molecule has 7 nitrogen and oxygen atoms in total. The lowest BCUT2D eigenvalue weighted by atomic mass is 9.87. The average molecular weight is 416 g/mol. The number of nitrogens with one attached hydrogen (secondary N) is 2. The lowest BCUT2D eigenvalue weighted by Crippen LogP contribution is -2.37. The van der Waals surface area contributed by atoms with Crippen LogP contribution in [0.15, 0.2) is 53.4 Å². The molecule has 0 radical (unpaired) electrons. The monoisotopic (exact) mass is 416 g/mol. The molecule has 2 aromatic carbocycles. The van der Waals surface area contributed by atoms with Crippen LogP contribution in [0.1, 0.15) is 43.1 Å². The SMILES string of the molecule is CC(C)(C)c1ccc(C(=O)Nc2ccc(S(=O)(=O)NC3CCOC3=O)cc2)cc1. The highest BCUT2D eigenvalue weighted by Crippen LogP contribution is 2.23. The van der Waals surface area contributed by atoms with Crippen LogP contribution in [0.5, 0.6) is 0 Å². The van der Waals surface area contributed by atoms with Crippen LogP contribution in [-0.4, -0.2) is 32.9 Å². The highest BCUT2D eigenvalue weighted by Gasteiger charge is 2.31. The topological polar surface area (TPSA) is 102 Å². The van der Waals surface area contributed by atoms with Crippen LogP contribution >= 0.6 is 0 Å². The van der Waals surface area contributed by atoms with Crippen LogP contribution < -0.4 is 10.0 Å².